The minimum absolute atomic E-state index is 0.0815. The van der Waals surface area contributed by atoms with Crippen molar-refractivity contribution in [2.24, 2.45) is 5.92 Å². The summed E-state index contributed by atoms with van der Waals surface area (Å²) in [7, 11) is 0. The second-order valence-electron chi connectivity index (χ2n) is 7.04. The van der Waals surface area contributed by atoms with Gasteiger partial charge in [0.15, 0.2) is 0 Å². The number of likely N-dealkylation sites (tertiary alicyclic amines) is 1. The Morgan fingerprint density at radius 1 is 1.21 bits per heavy atom. The maximum absolute atomic E-state index is 12.8. The van der Waals surface area contributed by atoms with Crippen molar-refractivity contribution < 1.29 is 14.0 Å². The van der Waals surface area contributed by atoms with Gasteiger partial charge in [0.05, 0.1) is 18.4 Å². The number of amides is 2. The predicted molar refractivity (Wildman–Crippen MR) is 109 cm³/mol. The van der Waals surface area contributed by atoms with Crippen LogP contribution in [0.5, 0.6) is 0 Å². The van der Waals surface area contributed by atoms with Gasteiger partial charge in [0.25, 0.3) is 5.91 Å². The van der Waals surface area contributed by atoms with E-state index in [4.69, 9.17) is 16.0 Å². The number of halogens is 1. The third-order valence-corrected chi connectivity index (χ3v) is 5.28. The maximum atomic E-state index is 12.8. The molecule has 3 heterocycles. The number of nitrogens with one attached hydrogen (secondary N) is 1. The Bertz CT molecular complexity index is 982. The van der Waals surface area contributed by atoms with Gasteiger partial charge in [-0.3, -0.25) is 9.59 Å². The largest absolute Gasteiger partial charge is 0.467 e. The van der Waals surface area contributed by atoms with Crippen LogP contribution in [-0.2, 0) is 11.3 Å². The molecule has 0 unspecified atom stereocenters. The number of nitrogens with zero attached hydrogens (tertiary/aromatic N) is 3. The van der Waals surface area contributed by atoms with Crippen LogP contribution < -0.4 is 5.32 Å². The molecule has 8 heteroatoms. The van der Waals surface area contributed by atoms with Crippen LogP contribution in [0.1, 0.15) is 29.0 Å². The van der Waals surface area contributed by atoms with E-state index in [1.807, 2.05) is 12.1 Å². The first-order chi connectivity index (χ1) is 14.1. The molecule has 7 nitrogen and oxygen atoms in total. The lowest BCUT2D eigenvalue weighted by molar-refractivity contribution is -0.121. The minimum atomic E-state index is -0.271. The van der Waals surface area contributed by atoms with Crippen molar-refractivity contribution in [3.05, 3.63) is 71.3 Å². The van der Waals surface area contributed by atoms with Crippen molar-refractivity contribution in [3.63, 3.8) is 0 Å². The van der Waals surface area contributed by atoms with Gasteiger partial charge in [-0.1, -0.05) is 11.6 Å². The van der Waals surface area contributed by atoms with Gasteiger partial charge in [0, 0.05) is 29.7 Å². The van der Waals surface area contributed by atoms with E-state index in [2.05, 4.69) is 10.4 Å². The van der Waals surface area contributed by atoms with Crippen molar-refractivity contribution in [2.45, 2.75) is 19.4 Å². The lowest BCUT2D eigenvalue weighted by atomic mass is 9.96. The fourth-order valence-electron chi connectivity index (χ4n) is 3.49. The molecule has 4 rings (SSSR count). The third-order valence-electron chi connectivity index (χ3n) is 5.02. The minimum Gasteiger partial charge on any atom is -0.467 e. The van der Waals surface area contributed by atoms with Gasteiger partial charge < -0.3 is 14.6 Å². The van der Waals surface area contributed by atoms with Crippen molar-refractivity contribution in [2.75, 3.05) is 18.4 Å². The van der Waals surface area contributed by atoms with Gasteiger partial charge in [0.1, 0.15) is 18.1 Å². The van der Waals surface area contributed by atoms with E-state index in [9.17, 15) is 9.59 Å². The molecule has 0 aliphatic carbocycles. The zero-order valence-corrected chi connectivity index (χ0v) is 16.5. The molecule has 1 aliphatic heterocycles. The first kappa shape index (κ1) is 19.3. The molecule has 1 fully saturated rings. The number of carbonyl (C=O) groups excluding carboxylic acids is 2. The SMILES string of the molecule is O=C(Nc1ccnn1Cc1ccco1)[C@H]1CCCN(C(=O)c2ccc(Cl)cc2)C1. The van der Waals surface area contributed by atoms with Crippen molar-refractivity contribution in [1.82, 2.24) is 14.7 Å². The van der Waals surface area contributed by atoms with Crippen LogP contribution in [-0.4, -0.2) is 39.6 Å². The Morgan fingerprint density at radius 3 is 2.79 bits per heavy atom. The summed E-state index contributed by atoms with van der Waals surface area (Å²) < 4.78 is 7.02. The average Bonchev–Trinajstić information content (AvgIpc) is 3.41. The van der Waals surface area contributed by atoms with Crippen LogP contribution in [0, 0.1) is 5.92 Å². The number of carbonyl (C=O) groups is 2. The normalized spacial score (nSPS) is 16.6. The summed E-state index contributed by atoms with van der Waals surface area (Å²) in [6, 6.07) is 12.2. The Morgan fingerprint density at radius 2 is 2.03 bits per heavy atom. The molecule has 1 aromatic carbocycles. The van der Waals surface area contributed by atoms with Crippen LogP contribution >= 0.6 is 11.6 Å². The van der Waals surface area contributed by atoms with Gasteiger partial charge in [-0.25, -0.2) is 4.68 Å². The molecule has 1 saturated heterocycles. The van der Waals surface area contributed by atoms with E-state index in [1.165, 1.54) is 0 Å². The molecular formula is C21H21ClN4O3. The zero-order chi connectivity index (χ0) is 20.2. The molecule has 0 saturated carbocycles. The van der Waals surface area contributed by atoms with E-state index in [-0.39, 0.29) is 17.7 Å². The maximum Gasteiger partial charge on any atom is 0.253 e. The van der Waals surface area contributed by atoms with E-state index >= 15 is 0 Å². The lowest BCUT2D eigenvalue weighted by Crippen LogP contribution is -2.43. The highest BCUT2D eigenvalue weighted by Gasteiger charge is 2.29. The average molecular weight is 413 g/mol. The topological polar surface area (TPSA) is 80.4 Å². The highest BCUT2D eigenvalue weighted by atomic mass is 35.5. The van der Waals surface area contributed by atoms with Crippen molar-refractivity contribution >= 4 is 29.2 Å². The highest BCUT2D eigenvalue weighted by molar-refractivity contribution is 6.30. The zero-order valence-electron chi connectivity index (χ0n) is 15.8. The molecule has 150 valence electrons. The van der Waals surface area contributed by atoms with Gasteiger partial charge in [-0.2, -0.15) is 5.10 Å². The van der Waals surface area contributed by atoms with Crippen LogP contribution in [0.15, 0.2) is 59.3 Å². The number of hydrogen-bond acceptors (Lipinski definition) is 4. The van der Waals surface area contributed by atoms with Crippen LogP contribution in [0.3, 0.4) is 0 Å². The standard InChI is InChI=1S/C21H21ClN4O3/c22-17-7-5-15(6-8-17)21(28)25-11-1-3-16(13-25)20(27)24-19-9-10-23-26(19)14-18-4-2-12-29-18/h2,4-10,12,16H,1,3,11,13-14H2,(H,24,27)/t16-/m0/s1. The summed E-state index contributed by atoms with van der Waals surface area (Å²) in [4.78, 5) is 27.3. The summed E-state index contributed by atoms with van der Waals surface area (Å²) in [6.45, 7) is 1.46. The van der Waals surface area contributed by atoms with Gasteiger partial charge in [-0.15, -0.1) is 0 Å². The summed E-state index contributed by atoms with van der Waals surface area (Å²) in [5.74, 6) is 0.892. The van der Waals surface area contributed by atoms with Crippen LogP contribution in [0.25, 0.3) is 0 Å². The van der Waals surface area contributed by atoms with E-state index < -0.39 is 0 Å². The van der Waals surface area contributed by atoms with Crippen molar-refractivity contribution in [3.8, 4) is 0 Å². The van der Waals surface area contributed by atoms with Gasteiger partial charge in [0.2, 0.25) is 5.91 Å². The molecule has 3 aromatic rings. The van der Waals surface area contributed by atoms with E-state index in [0.717, 1.165) is 18.6 Å². The molecule has 0 spiro atoms. The molecule has 2 aromatic heterocycles. The van der Waals surface area contributed by atoms with Crippen LogP contribution in [0.2, 0.25) is 5.02 Å². The molecule has 1 N–H and O–H groups in total. The smallest absolute Gasteiger partial charge is 0.253 e. The monoisotopic (exact) mass is 412 g/mol. The second kappa shape index (κ2) is 8.53. The number of furan rings is 1. The Kier molecular flexibility index (Phi) is 5.67. The predicted octanol–water partition coefficient (Wildman–Crippen LogP) is 3.67. The number of anilines is 1. The second-order valence-corrected chi connectivity index (χ2v) is 7.48. The fraction of sp³-hybridized carbons (Fsp3) is 0.286. The van der Waals surface area contributed by atoms with E-state index in [1.54, 1.807) is 52.4 Å². The van der Waals surface area contributed by atoms with E-state index in [0.29, 0.717) is 36.0 Å². The van der Waals surface area contributed by atoms with Gasteiger partial charge >= 0.3 is 0 Å². The summed E-state index contributed by atoms with van der Waals surface area (Å²) >= 11 is 5.90. The summed E-state index contributed by atoms with van der Waals surface area (Å²) in [5.41, 5.74) is 0.576. The number of piperidine rings is 1. The Labute approximate surface area is 173 Å². The summed E-state index contributed by atoms with van der Waals surface area (Å²) in [5, 5.41) is 7.78. The van der Waals surface area contributed by atoms with Crippen LogP contribution in [0.4, 0.5) is 5.82 Å². The number of rotatable bonds is 5. The molecule has 1 aliphatic rings. The number of aromatic nitrogens is 2. The first-order valence-corrected chi connectivity index (χ1v) is 9.88. The molecule has 1 atom stereocenters. The van der Waals surface area contributed by atoms with Gasteiger partial charge in [-0.05, 0) is 49.2 Å². The van der Waals surface area contributed by atoms with Crippen molar-refractivity contribution in [1.29, 1.82) is 0 Å². The summed E-state index contributed by atoms with van der Waals surface area (Å²) in [6.07, 6.45) is 4.76. The molecular weight excluding hydrogens is 392 g/mol. The number of benzene rings is 1. The Hall–Kier alpha value is -3.06. The quantitative estimate of drug-likeness (QED) is 0.693. The Balaban J connectivity index is 1.40. The fourth-order valence-corrected chi connectivity index (χ4v) is 3.62. The number of hydrogen-bond donors (Lipinski definition) is 1. The lowest BCUT2D eigenvalue weighted by Gasteiger charge is -2.32. The molecule has 0 radical (unpaired) electrons. The molecule has 0 bridgehead atoms. The highest BCUT2D eigenvalue weighted by Crippen LogP contribution is 2.21. The first-order valence-electron chi connectivity index (χ1n) is 9.50. The molecule has 29 heavy (non-hydrogen) atoms. The molecule has 2 amide bonds. The third kappa shape index (κ3) is 4.51.